The van der Waals surface area contributed by atoms with E-state index in [4.69, 9.17) is 11.6 Å². The fourth-order valence-electron chi connectivity index (χ4n) is 0. The zero-order valence-corrected chi connectivity index (χ0v) is 3.93. The van der Waals surface area contributed by atoms with Gasteiger partial charge in [0.2, 0.25) is 0 Å². The van der Waals surface area contributed by atoms with Crippen LogP contribution in [0.3, 0.4) is 0 Å². The van der Waals surface area contributed by atoms with Crippen LogP contribution in [0.1, 0.15) is 0 Å². The molecule has 1 atom stereocenters. The van der Waals surface area contributed by atoms with Crippen molar-refractivity contribution in [3.8, 4) is 0 Å². The van der Waals surface area contributed by atoms with Crippen molar-refractivity contribution < 1.29 is 4.39 Å². The topological polar surface area (TPSA) is 0 Å². The molecule has 0 fully saturated rings. The van der Waals surface area contributed by atoms with Gasteiger partial charge in [-0.25, -0.2) is 4.39 Å². The summed E-state index contributed by atoms with van der Waals surface area (Å²) in [5, 5.41) is 0. The summed E-state index contributed by atoms with van der Waals surface area (Å²) < 4.78 is 11.1. The zero-order valence-electron chi connectivity index (χ0n) is 2.42. The molecule has 0 aliphatic rings. The van der Waals surface area contributed by atoms with E-state index in [0.717, 1.165) is 0 Å². The second kappa shape index (κ2) is 2.73. The number of rotatable bonds is 1. The molecule has 0 radical (unpaired) electrons. The molecule has 32 valence electrons. The van der Waals surface area contributed by atoms with Gasteiger partial charge in [-0.05, 0) is 0 Å². The van der Waals surface area contributed by atoms with Gasteiger partial charge in [0.15, 0.2) is 5.63 Å². The van der Waals surface area contributed by atoms with Crippen LogP contribution in [0.25, 0.3) is 0 Å². The Morgan fingerprint density at radius 2 is 2.00 bits per heavy atom. The lowest BCUT2D eigenvalue weighted by Gasteiger charge is -1.81. The second-order valence-electron chi connectivity index (χ2n) is 0.545. The van der Waals surface area contributed by atoms with Crippen LogP contribution >= 0.6 is 23.2 Å². The Morgan fingerprint density at radius 3 is 2.00 bits per heavy atom. The monoisotopic (exact) mass is 116 g/mol. The van der Waals surface area contributed by atoms with Gasteiger partial charge in [-0.2, -0.15) is 0 Å². The minimum absolute atomic E-state index is 0.123. The van der Waals surface area contributed by atoms with Gasteiger partial charge in [-0.1, -0.05) is 11.6 Å². The smallest absolute Gasteiger partial charge is 0.186 e. The van der Waals surface area contributed by atoms with Crippen LogP contribution < -0.4 is 0 Å². The first kappa shape index (κ1) is 5.51. The van der Waals surface area contributed by atoms with Gasteiger partial charge in [-0.3, -0.25) is 0 Å². The molecule has 1 unspecified atom stereocenters. The molecule has 0 saturated carbocycles. The fraction of sp³-hybridized carbons (Fsp3) is 1.00. The molecule has 0 saturated heterocycles. The van der Waals surface area contributed by atoms with Crippen molar-refractivity contribution in [2.24, 2.45) is 0 Å². The number of hydrogen-bond donors (Lipinski definition) is 0. The number of alkyl halides is 3. The summed E-state index contributed by atoms with van der Waals surface area (Å²) in [7, 11) is 0. The van der Waals surface area contributed by atoms with Crippen molar-refractivity contribution in [1.82, 2.24) is 0 Å². The van der Waals surface area contributed by atoms with Crippen molar-refractivity contribution >= 4 is 23.2 Å². The SMILES string of the molecule is FC(Cl)CCl. The molecule has 0 aromatic heterocycles. The summed E-state index contributed by atoms with van der Waals surface area (Å²) >= 11 is 9.49. The van der Waals surface area contributed by atoms with Gasteiger partial charge in [-0.15, -0.1) is 11.6 Å². The van der Waals surface area contributed by atoms with E-state index >= 15 is 0 Å². The van der Waals surface area contributed by atoms with Crippen LogP contribution in [0.5, 0.6) is 0 Å². The second-order valence-corrected chi connectivity index (χ2v) is 1.33. The first-order chi connectivity index (χ1) is 2.27. The van der Waals surface area contributed by atoms with Crippen LogP contribution in [0.2, 0.25) is 0 Å². The Hall–Kier alpha value is 0.510. The molecule has 5 heavy (non-hydrogen) atoms. The Bertz CT molecular complexity index is 21.6. The Labute approximate surface area is 39.9 Å². The molecule has 0 rings (SSSR count). The maximum Gasteiger partial charge on any atom is 0.186 e. The summed E-state index contributed by atoms with van der Waals surface area (Å²) in [5.74, 6) is -0.123. The molecule has 0 heterocycles. The highest BCUT2D eigenvalue weighted by molar-refractivity contribution is 6.27. The van der Waals surface area contributed by atoms with Gasteiger partial charge in [0.25, 0.3) is 0 Å². The Balaban J connectivity index is 2.54. The first-order valence-corrected chi connectivity index (χ1v) is 2.08. The third-order valence-electron chi connectivity index (χ3n) is 0.117. The third kappa shape index (κ3) is 4.51. The van der Waals surface area contributed by atoms with Crippen molar-refractivity contribution in [1.29, 1.82) is 0 Å². The predicted octanol–water partition coefficient (Wildman–Crippen LogP) is 1.76. The Kier molecular flexibility index (Phi) is 3.01. The summed E-state index contributed by atoms with van der Waals surface area (Å²) in [6.45, 7) is 0. The lowest BCUT2D eigenvalue weighted by Crippen LogP contribution is -1.84. The largest absolute Gasteiger partial charge is 0.229 e. The quantitative estimate of drug-likeness (QED) is 0.459. The van der Waals surface area contributed by atoms with E-state index in [-0.39, 0.29) is 5.88 Å². The van der Waals surface area contributed by atoms with E-state index in [2.05, 4.69) is 11.6 Å². The molecular formula is C2H3Cl2F. The van der Waals surface area contributed by atoms with Gasteiger partial charge >= 0.3 is 0 Å². The third-order valence-corrected chi connectivity index (χ3v) is 0.700. The lowest BCUT2D eigenvalue weighted by atomic mass is 10.9. The maximum absolute atomic E-state index is 11.1. The molecule has 0 N–H and O–H groups in total. The highest BCUT2D eigenvalue weighted by atomic mass is 35.5. The van der Waals surface area contributed by atoms with Crippen molar-refractivity contribution in [3.05, 3.63) is 0 Å². The molecule has 0 amide bonds. The average molecular weight is 117 g/mol. The lowest BCUT2D eigenvalue weighted by molar-refractivity contribution is 0.479. The molecule has 0 aliphatic carbocycles. The molecule has 0 aromatic rings. The van der Waals surface area contributed by atoms with Crippen LogP contribution in [0.4, 0.5) is 4.39 Å². The van der Waals surface area contributed by atoms with Gasteiger partial charge < -0.3 is 0 Å². The van der Waals surface area contributed by atoms with Crippen LogP contribution in [0, 0.1) is 0 Å². The van der Waals surface area contributed by atoms with E-state index < -0.39 is 5.63 Å². The molecular weight excluding hydrogens is 114 g/mol. The molecule has 0 bridgehead atoms. The van der Waals surface area contributed by atoms with E-state index in [9.17, 15) is 4.39 Å². The number of halogens is 3. The van der Waals surface area contributed by atoms with Crippen LogP contribution in [0.15, 0.2) is 0 Å². The highest BCUT2D eigenvalue weighted by Crippen LogP contribution is 1.96. The minimum Gasteiger partial charge on any atom is -0.229 e. The summed E-state index contributed by atoms with van der Waals surface area (Å²) in [6, 6.07) is 0. The summed E-state index contributed by atoms with van der Waals surface area (Å²) in [5.41, 5.74) is -1.38. The van der Waals surface area contributed by atoms with E-state index in [1.54, 1.807) is 0 Å². The normalized spacial score (nSPS) is 15.0. The maximum atomic E-state index is 11.1. The molecule has 0 aromatic carbocycles. The van der Waals surface area contributed by atoms with Gasteiger partial charge in [0.1, 0.15) is 0 Å². The summed E-state index contributed by atoms with van der Waals surface area (Å²) in [4.78, 5) is 0. The average Bonchev–Trinajstić information content (AvgIpc) is 1.38. The van der Waals surface area contributed by atoms with E-state index in [1.165, 1.54) is 0 Å². The van der Waals surface area contributed by atoms with Gasteiger partial charge in [0, 0.05) is 0 Å². The highest BCUT2D eigenvalue weighted by Gasteiger charge is 1.91. The van der Waals surface area contributed by atoms with Crippen molar-refractivity contribution in [3.63, 3.8) is 0 Å². The van der Waals surface area contributed by atoms with Crippen molar-refractivity contribution in [2.75, 3.05) is 5.88 Å². The van der Waals surface area contributed by atoms with Gasteiger partial charge in [0.05, 0.1) is 5.88 Å². The minimum atomic E-state index is -1.38. The Morgan fingerprint density at radius 1 is 1.80 bits per heavy atom. The molecule has 0 nitrogen and oxygen atoms in total. The summed E-state index contributed by atoms with van der Waals surface area (Å²) in [6.07, 6.45) is 0. The zero-order chi connectivity index (χ0) is 4.28. The van der Waals surface area contributed by atoms with E-state index in [1.807, 2.05) is 0 Å². The number of hydrogen-bond acceptors (Lipinski definition) is 0. The van der Waals surface area contributed by atoms with Crippen LogP contribution in [-0.2, 0) is 0 Å². The van der Waals surface area contributed by atoms with E-state index in [0.29, 0.717) is 0 Å². The molecule has 3 heteroatoms. The fourth-order valence-corrected chi connectivity index (χ4v) is 0. The van der Waals surface area contributed by atoms with Crippen molar-refractivity contribution in [2.45, 2.75) is 5.63 Å². The molecule has 0 aliphatic heterocycles. The van der Waals surface area contributed by atoms with Crippen LogP contribution in [-0.4, -0.2) is 11.5 Å². The molecule has 0 spiro atoms. The standard InChI is InChI=1S/C2H3Cl2F/c3-1-2(4)5/h2H,1H2. The first-order valence-electron chi connectivity index (χ1n) is 1.11. The predicted molar refractivity (Wildman–Crippen MR) is 21.5 cm³/mol.